The van der Waals surface area contributed by atoms with Crippen LogP contribution in [-0.2, 0) is 11.3 Å². The van der Waals surface area contributed by atoms with Crippen LogP contribution in [0.15, 0.2) is 55.0 Å². The van der Waals surface area contributed by atoms with Gasteiger partial charge in [0.2, 0.25) is 0 Å². The molecule has 6 nitrogen and oxygen atoms in total. The molecule has 6 heteroatoms. The van der Waals surface area contributed by atoms with Gasteiger partial charge in [0.25, 0.3) is 5.91 Å². The smallest absolute Gasteiger partial charge is 0.254 e. The zero-order chi connectivity index (χ0) is 19.6. The number of H-pyrrole nitrogens is 1. The Hall–Kier alpha value is -2.70. The molecule has 1 amide bonds. The zero-order valence-electron chi connectivity index (χ0n) is 16.5. The molecule has 0 saturated carbocycles. The van der Waals surface area contributed by atoms with Crippen molar-refractivity contribution in [2.45, 2.75) is 19.0 Å². The van der Waals surface area contributed by atoms with Crippen LogP contribution in [0.1, 0.15) is 22.3 Å². The molecule has 2 fully saturated rings. The second-order valence-corrected chi connectivity index (χ2v) is 8.01. The van der Waals surface area contributed by atoms with E-state index in [1.54, 1.807) is 0 Å². The minimum atomic E-state index is 0.127. The van der Waals surface area contributed by atoms with Gasteiger partial charge in [0.1, 0.15) is 0 Å². The van der Waals surface area contributed by atoms with Crippen molar-refractivity contribution in [2.75, 3.05) is 32.8 Å². The molecule has 4 heterocycles. The van der Waals surface area contributed by atoms with E-state index < -0.39 is 0 Å². The van der Waals surface area contributed by atoms with Crippen LogP contribution >= 0.6 is 0 Å². The molecular weight excluding hydrogens is 364 g/mol. The van der Waals surface area contributed by atoms with Gasteiger partial charge in [-0.25, -0.2) is 0 Å². The van der Waals surface area contributed by atoms with Crippen molar-refractivity contribution >= 4 is 16.8 Å². The van der Waals surface area contributed by atoms with Crippen LogP contribution in [0, 0.1) is 5.92 Å². The minimum Gasteiger partial charge on any atom is -0.380 e. The number of benzene rings is 1. The summed E-state index contributed by atoms with van der Waals surface area (Å²) in [5.74, 6) is 0.592. The van der Waals surface area contributed by atoms with Crippen molar-refractivity contribution in [1.29, 1.82) is 0 Å². The molecule has 1 aromatic carbocycles. The summed E-state index contributed by atoms with van der Waals surface area (Å²) in [5.41, 5.74) is 3.04. The Morgan fingerprint density at radius 2 is 2.07 bits per heavy atom. The predicted molar refractivity (Wildman–Crippen MR) is 112 cm³/mol. The van der Waals surface area contributed by atoms with Crippen LogP contribution in [0.3, 0.4) is 0 Å². The van der Waals surface area contributed by atoms with Crippen LogP contribution in [0.2, 0.25) is 0 Å². The number of ether oxygens (including phenoxy) is 1. The summed E-state index contributed by atoms with van der Waals surface area (Å²) < 4.78 is 5.90. The number of nitrogens with zero attached hydrogens (tertiary/aromatic N) is 3. The Bertz CT molecular complexity index is 987. The molecule has 5 rings (SSSR count). The molecule has 1 N–H and O–H groups in total. The number of carbonyl (C=O) groups is 1. The first-order valence-electron chi connectivity index (χ1n) is 10.4. The zero-order valence-corrected chi connectivity index (χ0v) is 16.5. The highest BCUT2D eigenvalue weighted by Gasteiger charge is 2.37. The quantitative estimate of drug-likeness (QED) is 0.747. The van der Waals surface area contributed by atoms with Gasteiger partial charge in [-0.15, -0.1) is 0 Å². The molecular formula is C23H26N4O2. The van der Waals surface area contributed by atoms with E-state index in [1.807, 2.05) is 47.8 Å². The van der Waals surface area contributed by atoms with Crippen molar-refractivity contribution in [3.63, 3.8) is 0 Å². The maximum Gasteiger partial charge on any atom is 0.254 e. The molecule has 2 saturated heterocycles. The highest BCUT2D eigenvalue weighted by atomic mass is 16.5. The molecule has 2 aliphatic rings. The SMILES string of the molecule is O=C(c1cccc2[nH]ccc12)N1CC[C@@H]2COCCN(Cc3ccncc3)[C@@H]2C1. The van der Waals surface area contributed by atoms with Gasteiger partial charge in [-0.05, 0) is 42.3 Å². The number of piperidine rings is 1. The minimum absolute atomic E-state index is 0.127. The summed E-state index contributed by atoms with van der Waals surface area (Å²) in [6, 6.07) is 12.3. The average molecular weight is 390 g/mol. The van der Waals surface area contributed by atoms with E-state index in [1.165, 1.54) is 5.56 Å². The van der Waals surface area contributed by atoms with E-state index in [4.69, 9.17) is 4.74 Å². The number of nitrogens with one attached hydrogen (secondary N) is 1. The van der Waals surface area contributed by atoms with Crippen molar-refractivity contribution in [2.24, 2.45) is 5.92 Å². The summed E-state index contributed by atoms with van der Waals surface area (Å²) in [5, 5.41) is 0.998. The molecule has 0 aliphatic carbocycles. The van der Waals surface area contributed by atoms with Crippen molar-refractivity contribution in [3.05, 3.63) is 66.1 Å². The molecule has 2 aromatic heterocycles. The molecule has 0 bridgehead atoms. The first-order valence-corrected chi connectivity index (χ1v) is 10.4. The number of rotatable bonds is 3. The van der Waals surface area contributed by atoms with Gasteiger partial charge in [-0.3, -0.25) is 14.7 Å². The molecule has 2 atom stereocenters. The summed E-state index contributed by atoms with van der Waals surface area (Å²) in [7, 11) is 0. The van der Waals surface area contributed by atoms with E-state index in [2.05, 4.69) is 27.0 Å². The third-order valence-electron chi connectivity index (χ3n) is 6.29. The summed E-state index contributed by atoms with van der Waals surface area (Å²) >= 11 is 0. The van der Waals surface area contributed by atoms with Gasteiger partial charge < -0.3 is 14.6 Å². The van der Waals surface area contributed by atoms with Gasteiger partial charge in [-0.1, -0.05) is 6.07 Å². The number of pyridine rings is 1. The largest absolute Gasteiger partial charge is 0.380 e. The Labute approximate surface area is 170 Å². The van der Waals surface area contributed by atoms with Crippen molar-refractivity contribution < 1.29 is 9.53 Å². The van der Waals surface area contributed by atoms with E-state index >= 15 is 0 Å². The van der Waals surface area contributed by atoms with Crippen molar-refractivity contribution in [1.82, 2.24) is 19.8 Å². The molecule has 0 spiro atoms. The fourth-order valence-electron chi connectivity index (χ4n) is 4.72. The topological polar surface area (TPSA) is 61.5 Å². The molecule has 0 radical (unpaired) electrons. The number of hydrogen-bond donors (Lipinski definition) is 1. The van der Waals surface area contributed by atoms with Crippen LogP contribution in [0.4, 0.5) is 0 Å². The van der Waals surface area contributed by atoms with Gasteiger partial charge in [0, 0.05) is 73.2 Å². The van der Waals surface area contributed by atoms with Gasteiger partial charge in [-0.2, -0.15) is 0 Å². The molecule has 3 aromatic rings. The maximum atomic E-state index is 13.4. The van der Waals surface area contributed by atoms with E-state index in [9.17, 15) is 4.79 Å². The monoisotopic (exact) mass is 390 g/mol. The number of carbonyl (C=O) groups excluding carboxylic acids is 1. The molecule has 150 valence electrons. The van der Waals surface area contributed by atoms with Gasteiger partial charge in [0.15, 0.2) is 0 Å². The summed E-state index contributed by atoms with van der Waals surface area (Å²) in [4.78, 5) is 25.3. The Kier molecular flexibility index (Phi) is 5.04. The highest BCUT2D eigenvalue weighted by molar-refractivity contribution is 6.06. The second-order valence-electron chi connectivity index (χ2n) is 8.01. The predicted octanol–water partition coefficient (Wildman–Crippen LogP) is 2.93. The van der Waals surface area contributed by atoms with Gasteiger partial charge in [0.05, 0.1) is 13.2 Å². The standard InChI is InChI=1S/C23H26N4O2/c28-23(20-2-1-3-21-19(20)6-10-25-21)27-11-7-18-16-29-13-12-26(22(18)15-27)14-17-4-8-24-9-5-17/h1-6,8-10,18,22,25H,7,11-16H2/t18-,22-/m1/s1. The number of hydrogen-bond acceptors (Lipinski definition) is 4. The third kappa shape index (κ3) is 3.66. The van der Waals surface area contributed by atoms with E-state index in [0.29, 0.717) is 12.0 Å². The van der Waals surface area contributed by atoms with Crippen LogP contribution < -0.4 is 0 Å². The number of aromatic amines is 1. The van der Waals surface area contributed by atoms with E-state index in [-0.39, 0.29) is 5.91 Å². The Morgan fingerprint density at radius 1 is 1.17 bits per heavy atom. The number of likely N-dealkylation sites (tertiary alicyclic amines) is 1. The molecule has 2 aliphatic heterocycles. The normalized spacial score (nSPS) is 23.0. The Balaban J connectivity index is 1.38. The fraction of sp³-hybridized carbons (Fsp3) is 0.391. The number of aromatic nitrogens is 2. The lowest BCUT2D eigenvalue weighted by atomic mass is 9.90. The van der Waals surface area contributed by atoms with E-state index in [0.717, 1.165) is 62.3 Å². The highest BCUT2D eigenvalue weighted by Crippen LogP contribution is 2.28. The summed E-state index contributed by atoms with van der Waals surface area (Å²) in [6.07, 6.45) is 6.56. The fourth-order valence-corrected chi connectivity index (χ4v) is 4.72. The average Bonchev–Trinajstić information content (AvgIpc) is 3.16. The first kappa shape index (κ1) is 18.3. The van der Waals surface area contributed by atoms with Crippen LogP contribution in [0.5, 0.6) is 0 Å². The summed E-state index contributed by atoms with van der Waals surface area (Å²) in [6.45, 7) is 4.81. The first-order chi connectivity index (χ1) is 14.3. The molecule has 0 unspecified atom stereocenters. The van der Waals surface area contributed by atoms with Crippen LogP contribution in [-0.4, -0.2) is 64.6 Å². The maximum absolute atomic E-state index is 13.4. The lowest BCUT2D eigenvalue weighted by molar-refractivity contribution is 0.0372. The third-order valence-corrected chi connectivity index (χ3v) is 6.29. The Morgan fingerprint density at radius 3 is 2.97 bits per heavy atom. The van der Waals surface area contributed by atoms with Crippen molar-refractivity contribution in [3.8, 4) is 0 Å². The van der Waals surface area contributed by atoms with Crippen LogP contribution in [0.25, 0.3) is 10.9 Å². The van der Waals surface area contributed by atoms with Gasteiger partial charge >= 0.3 is 0 Å². The molecule has 29 heavy (non-hydrogen) atoms. The lowest BCUT2D eigenvalue weighted by Crippen LogP contribution is -2.54. The number of fused-ring (bicyclic) bond motifs is 2. The second kappa shape index (κ2) is 7.97. The lowest BCUT2D eigenvalue weighted by Gasteiger charge is -2.42. The number of amides is 1.